The van der Waals surface area contributed by atoms with Gasteiger partial charge >= 0.3 is 6.18 Å². The minimum absolute atomic E-state index is 0.0441. The second-order valence-corrected chi connectivity index (χ2v) is 11.1. The zero-order chi connectivity index (χ0) is 26.4. The Kier molecular flexibility index (Phi) is 6.84. The van der Waals surface area contributed by atoms with Gasteiger partial charge in [-0.15, -0.1) is 0 Å². The van der Waals surface area contributed by atoms with Crippen LogP contribution in [0.15, 0.2) is 47.4 Å². The maximum absolute atomic E-state index is 14.8. The topological polar surface area (TPSA) is 83.6 Å². The zero-order valence-electron chi connectivity index (χ0n) is 19.1. The number of nitrogens with one attached hydrogen (secondary N) is 1. The third-order valence-corrected chi connectivity index (χ3v) is 7.53. The van der Waals surface area contributed by atoms with Crippen molar-refractivity contribution >= 4 is 21.7 Å². The van der Waals surface area contributed by atoms with Gasteiger partial charge in [-0.05, 0) is 55.5 Å². The average Bonchev–Trinajstić information content (AvgIpc) is 3.57. The van der Waals surface area contributed by atoms with Crippen LogP contribution >= 0.6 is 0 Å². The third-order valence-electron chi connectivity index (χ3n) is 6.42. The highest BCUT2D eigenvalue weighted by atomic mass is 32.2. The van der Waals surface area contributed by atoms with E-state index in [9.17, 15) is 40.0 Å². The number of rotatable bonds is 6. The average molecular weight is 531 g/mol. The number of alkyl halides is 4. The van der Waals surface area contributed by atoms with Crippen LogP contribution in [0.2, 0.25) is 0 Å². The Hall–Kier alpha value is -3.02. The first-order chi connectivity index (χ1) is 16.8. The predicted octanol–water partition coefficient (Wildman–Crippen LogP) is 4.07. The maximum atomic E-state index is 14.8. The van der Waals surface area contributed by atoms with Crippen molar-refractivity contribution in [3.8, 4) is 0 Å². The molecule has 0 spiro atoms. The molecular weight excluding hydrogens is 507 g/mol. The molecule has 2 aliphatic rings. The molecule has 2 aromatic rings. The van der Waals surface area contributed by atoms with Crippen LogP contribution in [0.4, 0.5) is 22.0 Å². The molecule has 0 aromatic heterocycles. The molecule has 6 nitrogen and oxygen atoms in total. The first-order valence-corrected chi connectivity index (χ1v) is 13.1. The minimum atomic E-state index is -4.74. The number of hydrogen-bond donors (Lipinski definition) is 1. The Morgan fingerprint density at radius 3 is 2.36 bits per heavy atom. The van der Waals surface area contributed by atoms with E-state index in [2.05, 4.69) is 5.32 Å². The summed E-state index contributed by atoms with van der Waals surface area (Å²) in [4.78, 5) is 27.1. The fourth-order valence-electron chi connectivity index (χ4n) is 4.39. The van der Waals surface area contributed by atoms with Gasteiger partial charge in [0.15, 0.2) is 9.84 Å². The molecule has 2 fully saturated rings. The van der Waals surface area contributed by atoms with Crippen LogP contribution in [-0.2, 0) is 20.8 Å². The summed E-state index contributed by atoms with van der Waals surface area (Å²) < 4.78 is 91.9. The van der Waals surface area contributed by atoms with Crippen LogP contribution in [0, 0.1) is 11.7 Å². The molecule has 2 aromatic carbocycles. The minimum Gasteiger partial charge on any atom is -0.347 e. The number of amides is 2. The van der Waals surface area contributed by atoms with Crippen molar-refractivity contribution in [1.29, 1.82) is 0 Å². The van der Waals surface area contributed by atoms with Gasteiger partial charge in [-0.3, -0.25) is 9.59 Å². The molecule has 1 saturated carbocycles. The van der Waals surface area contributed by atoms with Crippen molar-refractivity contribution in [2.24, 2.45) is 5.92 Å². The number of likely N-dealkylation sites (tertiary alicyclic amines) is 1. The van der Waals surface area contributed by atoms with E-state index in [0.717, 1.165) is 29.4 Å². The molecule has 3 atom stereocenters. The van der Waals surface area contributed by atoms with Crippen molar-refractivity contribution in [1.82, 2.24) is 10.2 Å². The van der Waals surface area contributed by atoms with Gasteiger partial charge in [0, 0.05) is 23.9 Å². The number of carbonyl (C=O) groups excluding carboxylic acids is 2. The molecule has 12 heteroatoms. The Bertz CT molecular complexity index is 1290. The van der Waals surface area contributed by atoms with E-state index in [-0.39, 0.29) is 34.9 Å². The number of sulfone groups is 1. The summed E-state index contributed by atoms with van der Waals surface area (Å²) >= 11 is 0. The van der Waals surface area contributed by atoms with E-state index in [1.54, 1.807) is 0 Å². The highest BCUT2D eigenvalue weighted by Gasteiger charge is 2.45. The lowest BCUT2D eigenvalue weighted by atomic mass is 9.99. The maximum Gasteiger partial charge on any atom is 0.416 e. The molecule has 1 heterocycles. The van der Waals surface area contributed by atoms with E-state index in [0.29, 0.717) is 18.9 Å². The van der Waals surface area contributed by atoms with Gasteiger partial charge in [0.1, 0.15) is 18.0 Å². The molecule has 0 radical (unpaired) electrons. The summed E-state index contributed by atoms with van der Waals surface area (Å²) in [6.07, 6.45) is -4.45. The second-order valence-electron chi connectivity index (χ2n) is 9.11. The highest BCUT2D eigenvalue weighted by molar-refractivity contribution is 7.90. The highest BCUT2D eigenvalue weighted by Crippen LogP contribution is 2.43. The van der Waals surface area contributed by atoms with Gasteiger partial charge in [-0.1, -0.05) is 12.1 Å². The number of benzene rings is 2. The summed E-state index contributed by atoms with van der Waals surface area (Å²) in [6.45, 7) is -0.107. The number of nitrogens with zero attached hydrogens (tertiary/aromatic N) is 1. The number of halogens is 5. The van der Waals surface area contributed by atoms with Crippen LogP contribution in [0.25, 0.3) is 0 Å². The smallest absolute Gasteiger partial charge is 0.347 e. The van der Waals surface area contributed by atoms with Crippen molar-refractivity contribution < 1.29 is 40.0 Å². The normalized spacial score (nSPS) is 21.3. The van der Waals surface area contributed by atoms with Gasteiger partial charge in [-0.2, -0.15) is 13.2 Å². The molecule has 2 amide bonds. The number of carbonyl (C=O) groups is 2. The third kappa shape index (κ3) is 5.37. The van der Waals surface area contributed by atoms with Crippen molar-refractivity contribution in [2.75, 3.05) is 12.8 Å². The molecule has 1 aliphatic heterocycles. The Labute approximate surface area is 204 Å². The monoisotopic (exact) mass is 530 g/mol. The summed E-state index contributed by atoms with van der Waals surface area (Å²) in [5.74, 6) is -3.03. The summed E-state index contributed by atoms with van der Waals surface area (Å²) in [7, 11) is -3.62. The fourth-order valence-corrected chi connectivity index (χ4v) is 5.05. The molecular formula is C24H23F5N2O4S. The van der Waals surface area contributed by atoms with Crippen LogP contribution in [0.3, 0.4) is 0 Å². The van der Waals surface area contributed by atoms with Crippen LogP contribution in [0.1, 0.15) is 46.8 Å². The van der Waals surface area contributed by atoms with Crippen LogP contribution in [0.5, 0.6) is 0 Å². The lowest BCUT2D eigenvalue weighted by Gasteiger charge is -2.28. The first kappa shape index (κ1) is 26.1. The van der Waals surface area contributed by atoms with E-state index < -0.39 is 57.5 Å². The van der Waals surface area contributed by atoms with Gasteiger partial charge < -0.3 is 10.2 Å². The Balaban J connectivity index is 1.58. The van der Waals surface area contributed by atoms with E-state index in [4.69, 9.17) is 0 Å². The quantitative estimate of drug-likeness (QED) is 0.571. The molecule has 194 valence electrons. The van der Waals surface area contributed by atoms with Crippen LogP contribution < -0.4 is 5.32 Å². The standard InChI is InChI=1S/C24H23F5N2O4S/c1-36(34,35)16-4-2-3-14(11-16)23(33)31-10-9-18(25)21(31)22(32)30-20(13-5-6-13)17-8-7-15(12-19(17)26)24(27,28)29/h2-4,7-8,11-13,18,20-21H,5-6,9-10H2,1H3,(H,30,32)/t18-,20?,21-/m1/s1. The van der Waals surface area contributed by atoms with Gasteiger partial charge in [-0.25, -0.2) is 17.2 Å². The molecule has 1 unspecified atom stereocenters. The Morgan fingerprint density at radius 1 is 1.08 bits per heavy atom. The van der Waals surface area contributed by atoms with Crippen molar-refractivity contribution in [2.45, 2.75) is 48.6 Å². The van der Waals surface area contributed by atoms with E-state index >= 15 is 0 Å². The van der Waals surface area contributed by atoms with E-state index in [1.807, 2.05) is 0 Å². The van der Waals surface area contributed by atoms with Gasteiger partial charge in [0.2, 0.25) is 5.91 Å². The summed E-state index contributed by atoms with van der Waals surface area (Å²) in [6, 6.07) is 4.65. The lowest BCUT2D eigenvalue weighted by molar-refractivity contribution is -0.137. The van der Waals surface area contributed by atoms with Crippen molar-refractivity contribution in [3.63, 3.8) is 0 Å². The zero-order valence-corrected chi connectivity index (χ0v) is 19.9. The van der Waals surface area contributed by atoms with E-state index in [1.165, 1.54) is 18.2 Å². The van der Waals surface area contributed by atoms with Gasteiger partial charge in [0.25, 0.3) is 5.91 Å². The molecule has 0 bridgehead atoms. The van der Waals surface area contributed by atoms with Crippen LogP contribution in [-0.4, -0.2) is 50.1 Å². The SMILES string of the molecule is CS(=O)(=O)c1cccc(C(=O)N2CC[C@@H](F)[C@@H]2C(=O)NC(c2ccc(C(F)(F)F)cc2F)C2CC2)c1. The largest absolute Gasteiger partial charge is 0.416 e. The molecule has 1 aliphatic carbocycles. The fraction of sp³-hybridized carbons (Fsp3) is 0.417. The summed E-state index contributed by atoms with van der Waals surface area (Å²) in [5, 5.41) is 2.55. The molecule has 36 heavy (non-hydrogen) atoms. The Morgan fingerprint density at radius 2 is 1.78 bits per heavy atom. The lowest BCUT2D eigenvalue weighted by Crippen LogP contribution is -2.50. The molecule has 4 rings (SSSR count). The predicted molar refractivity (Wildman–Crippen MR) is 119 cm³/mol. The van der Waals surface area contributed by atoms with Gasteiger partial charge in [0.05, 0.1) is 16.5 Å². The second kappa shape index (κ2) is 9.45. The molecule has 1 N–H and O–H groups in total. The number of hydrogen-bond acceptors (Lipinski definition) is 4. The first-order valence-electron chi connectivity index (χ1n) is 11.2. The summed E-state index contributed by atoms with van der Waals surface area (Å²) in [5.41, 5.74) is -1.36. The van der Waals surface area contributed by atoms with Crippen molar-refractivity contribution in [3.05, 3.63) is 65.0 Å². The molecule has 1 saturated heterocycles.